The first-order valence-corrected chi connectivity index (χ1v) is 7.88. The Morgan fingerprint density at radius 3 is 2.62 bits per heavy atom. The summed E-state index contributed by atoms with van der Waals surface area (Å²) in [5.41, 5.74) is 0.266. The molecule has 134 valence electrons. The smallest absolute Gasteiger partial charge is 0.406 e. The summed E-state index contributed by atoms with van der Waals surface area (Å²) in [6.07, 6.45) is -1.63. The second-order valence-electron chi connectivity index (χ2n) is 5.70. The molecule has 1 amide bonds. The first kappa shape index (κ1) is 18.5. The maximum atomic E-state index is 12.1. The summed E-state index contributed by atoms with van der Waals surface area (Å²) in [5.74, 6) is -0.718. The van der Waals surface area contributed by atoms with Gasteiger partial charge in [0.15, 0.2) is 0 Å². The maximum absolute atomic E-state index is 12.1. The molecule has 2 rings (SSSR count). The van der Waals surface area contributed by atoms with E-state index in [4.69, 9.17) is 0 Å². The van der Waals surface area contributed by atoms with Crippen molar-refractivity contribution in [1.82, 2.24) is 10.2 Å². The molecule has 1 aromatic carbocycles. The van der Waals surface area contributed by atoms with Crippen LogP contribution in [0.15, 0.2) is 24.3 Å². The van der Waals surface area contributed by atoms with Crippen molar-refractivity contribution in [2.24, 2.45) is 0 Å². The van der Waals surface area contributed by atoms with E-state index < -0.39 is 6.36 Å². The Morgan fingerprint density at radius 1 is 1.29 bits per heavy atom. The molecular formula is C16H21F3N2O3. The van der Waals surface area contributed by atoms with E-state index in [-0.39, 0.29) is 29.9 Å². The number of hydrogen-bond acceptors (Lipinski definition) is 4. The number of piperidine rings is 1. The molecule has 0 saturated carbocycles. The fourth-order valence-electron chi connectivity index (χ4n) is 2.78. The summed E-state index contributed by atoms with van der Waals surface area (Å²) in [6, 6.07) is 4.92. The lowest BCUT2D eigenvalue weighted by molar-refractivity contribution is -0.274. The molecule has 1 heterocycles. The zero-order chi connectivity index (χ0) is 17.6. The van der Waals surface area contributed by atoms with Crippen LogP contribution in [0.2, 0.25) is 0 Å². The van der Waals surface area contributed by atoms with Crippen molar-refractivity contribution in [2.75, 3.05) is 26.2 Å². The third kappa shape index (κ3) is 5.68. The Kier molecular flexibility index (Phi) is 6.44. The van der Waals surface area contributed by atoms with E-state index in [1.54, 1.807) is 0 Å². The summed E-state index contributed by atoms with van der Waals surface area (Å²) in [7, 11) is 0. The van der Waals surface area contributed by atoms with Gasteiger partial charge >= 0.3 is 6.36 Å². The molecule has 1 fully saturated rings. The van der Waals surface area contributed by atoms with E-state index in [0.717, 1.165) is 37.9 Å². The highest BCUT2D eigenvalue weighted by molar-refractivity contribution is 5.94. The van der Waals surface area contributed by atoms with Gasteiger partial charge in [0, 0.05) is 24.7 Å². The number of alkyl halides is 3. The first-order chi connectivity index (χ1) is 11.4. The molecule has 1 aliphatic heterocycles. The van der Waals surface area contributed by atoms with Gasteiger partial charge in [-0.3, -0.25) is 9.69 Å². The van der Waals surface area contributed by atoms with Crippen LogP contribution in [0.3, 0.4) is 0 Å². The predicted octanol–water partition coefficient (Wildman–Crippen LogP) is 2.16. The predicted molar refractivity (Wildman–Crippen MR) is 81.8 cm³/mol. The Morgan fingerprint density at radius 2 is 2.00 bits per heavy atom. The molecule has 8 heteroatoms. The summed E-state index contributed by atoms with van der Waals surface area (Å²) < 4.78 is 40.0. The molecule has 0 bridgehead atoms. The van der Waals surface area contributed by atoms with Gasteiger partial charge in [-0.15, -0.1) is 13.2 Å². The molecule has 0 spiro atoms. The largest absolute Gasteiger partial charge is 0.573 e. The SMILES string of the molecule is O=C(NCCN1CCCCC1CO)c1ccc(OC(F)(F)F)cc1. The van der Waals surface area contributed by atoms with Crippen LogP contribution in [0.5, 0.6) is 5.75 Å². The number of aliphatic hydroxyl groups is 1. The number of carbonyl (C=O) groups excluding carboxylic acids is 1. The van der Waals surface area contributed by atoms with Gasteiger partial charge in [0.25, 0.3) is 5.91 Å². The first-order valence-electron chi connectivity index (χ1n) is 7.88. The highest BCUT2D eigenvalue weighted by Crippen LogP contribution is 2.22. The maximum Gasteiger partial charge on any atom is 0.573 e. The normalized spacial score (nSPS) is 19.1. The molecule has 1 atom stereocenters. The van der Waals surface area contributed by atoms with Crippen molar-refractivity contribution in [3.8, 4) is 5.75 Å². The lowest BCUT2D eigenvalue weighted by Gasteiger charge is -2.34. The molecular weight excluding hydrogens is 325 g/mol. The van der Waals surface area contributed by atoms with Gasteiger partial charge < -0.3 is 15.2 Å². The Bertz CT molecular complexity index is 534. The molecule has 1 aromatic rings. The van der Waals surface area contributed by atoms with Gasteiger partial charge in [-0.2, -0.15) is 0 Å². The number of amides is 1. The van der Waals surface area contributed by atoms with Gasteiger partial charge in [0.2, 0.25) is 0 Å². The summed E-state index contributed by atoms with van der Waals surface area (Å²) in [6.45, 7) is 2.04. The van der Waals surface area contributed by atoms with Crippen molar-refractivity contribution in [2.45, 2.75) is 31.7 Å². The van der Waals surface area contributed by atoms with Crippen LogP contribution in [0.1, 0.15) is 29.6 Å². The number of ether oxygens (including phenoxy) is 1. The van der Waals surface area contributed by atoms with Crippen LogP contribution in [0.4, 0.5) is 13.2 Å². The highest BCUT2D eigenvalue weighted by Gasteiger charge is 2.31. The number of nitrogens with zero attached hydrogens (tertiary/aromatic N) is 1. The molecule has 0 aliphatic carbocycles. The molecule has 24 heavy (non-hydrogen) atoms. The van der Waals surface area contributed by atoms with E-state index in [9.17, 15) is 23.1 Å². The number of hydrogen-bond donors (Lipinski definition) is 2. The lowest BCUT2D eigenvalue weighted by Crippen LogP contribution is -2.45. The molecule has 1 saturated heterocycles. The fourth-order valence-corrected chi connectivity index (χ4v) is 2.78. The number of nitrogens with one attached hydrogen (secondary N) is 1. The van der Waals surface area contributed by atoms with E-state index >= 15 is 0 Å². The van der Waals surface area contributed by atoms with Crippen molar-refractivity contribution in [3.05, 3.63) is 29.8 Å². The van der Waals surface area contributed by atoms with E-state index in [1.165, 1.54) is 12.1 Å². The minimum atomic E-state index is -4.75. The number of carbonyl (C=O) groups is 1. The second kappa shape index (κ2) is 8.34. The van der Waals surface area contributed by atoms with Gasteiger partial charge in [0.05, 0.1) is 6.61 Å². The second-order valence-corrected chi connectivity index (χ2v) is 5.70. The lowest BCUT2D eigenvalue weighted by atomic mass is 10.0. The average Bonchev–Trinajstić information content (AvgIpc) is 2.54. The Balaban J connectivity index is 1.80. The number of likely N-dealkylation sites (tertiary alicyclic amines) is 1. The highest BCUT2D eigenvalue weighted by atomic mass is 19.4. The van der Waals surface area contributed by atoms with Gasteiger partial charge in [0.1, 0.15) is 5.75 Å². The molecule has 1 unspecified atom stereocenters. The van der Waals surface area contributed by atoms with Gasteiger partial charge in [-0.25, -0.2) is 0 Å². The van der Waals surface area contributed by atoms with Crippen molar-refractivity contribution in [1.29, 1.82) is 0 Å². The van der Waals surface area contributed by atoms with Crippen LogP contribution in [-0.4, -0.2) is 54.6 Å². The van der Waals surface area contributed by atoms with Crippen LogP contribution in [0, 0.1) is 0 Å². The standard InChI is InChI=1S/C16H21F3N2O3/c17-16(18,19)24-14-6-4-12(5-7-14)15(23)20-8-10-21-9-2-1-3-13(21)11-22/h4-7,13,22H,1-3,8-11H2,(H,20,23). The molecule has 0 aromatic heterocycles. The van der Waals surface area contributed by atoms with Crippen LogP contribution in [-0.2, 0) is 0 Å². The summed E-state index contributed by atoms with van der Waals surface area (Å²) in [5, 5.41) is 12.1. The molecule has 0 radical (unpaired) electrons. The minimum absolute atomic E-state index is 0.106. The zero-order valence-corrected chi connectivity index (χ0v) is 13.2. The van der Waals surface area contributed by atoms with Crippen molar-refractivity contribution >= 4 is 5.91 Å². The van der Waals surface area contributed by atoms with Crippen LogP contribution < -0.4 is 10.1 Å². The molecule has 2 N–H and O–H groups in total. The quantitative estimate of drug-likeness (QED) is 0.829. The minimum Gasteiger partial charge on any atom is -0.406 e. The topological polar surface area (TPSA) is 61.8 Å². The third-order valence-corrected chi connectivity index (χ3v) is 3.99. The van der Waals surface area contributed by atoms with Crippen molar-refractivity contribution < 1.29 is 27.8 Å². The van der Waals surface area contributed by atoms with E-state index in [2.05, 4.69) is 15.0 Å². The Hall–Kier alpha value is -1.80. The van der Waals surface area contributed by atoms with Crippen molar-refractivity contribution in [3.63, 3.8) is 0 Å². The van der Waals surface area contributed by atoms with Crippen LogP contribution >= 0.6 is 0 Å². The van der Waals surface area contributed by atoms with Gasteiger partial charge in [-0.05, 0) is 43.7 Å². The molecule has 5 nitrogen and oxygen atoms in total. The number of benzene rings is 1. The Labute approximate surface area is 138 Å². The zero-order valence-electron chi connectivity index (χ0n) is 13.2. The summed E-state index contributed by atoms with van der Waals surface area (Å²) in [4.78, 5) is 14.1. The number of halogens is 3. The fraction of sp³-hybridized carbons (Fsp3) is 0.562. The van der Waals surface area contributed by atoms with Crippen LogP contribution in [0.25, 0.3) is 0 Å². The summed E-state index contributed by atoms with van der Waals surface area (Å²) >= 11 is 0. The third-order valence-electron chi connectivity index (χ3n) is 3.99. The number of aliphatic hydroxyl groups excluding tert-OH is 1. The van der Waals surface area contributed by atoms with Gasteiger partial charge in [-0.1, -0.05) is 6.42 Å². The number of rotatable bonds is 6. The molecule has 1 aliphatic rings. The van der Waals surface area contributed by atoms with E-state index in [0.29, 0.717) is 13.1 Å². The monoisotopic (exact) mass is 346 g/mol. The average molecular weight is 346 g/mol. The van der Waals surface area contributed by atoms with E-state index in [1.807, 2.05) is 0 Å².